The van der Waals surface area contributed by atoms with Crippen LogP contribution in [0.3, 0.4) is 0 Å². The van der Waals surface area contributed by atoms with Gasteiger partial charge in [0.05, 0.1) is 17.7 Å². The number of fused-ring (bicyclic) bond motifs is 1. The Bertz CT molecular complexity index is 922. The molecule has 1 aromatic heterocycles. The van der Waals surface area contributed by atoms with Crippen LogP contribution < -0.4 is 5.32 Å². The molecule has 1 N–H and O–H groups in total. The van der Waals surface area contributed by atoms with Crippen molar-refractivity contribution in [1.29, 1.82) is 0 Å². The van der Waals surface area contributed by atoms with E-state index in [1.54, 1.807) is 31.2 Å². The van der Waals surface area contributed by atoms with Gasteiger partial charge < -0.3 is 14.8 Å². The average molecular weight is 480 g/mol. The van der Waals surface area contributed by atoms with E-state index in [1.165, 1.54) is 11.3 Å². The number of amides is 1. The Morgan fingerprint density at radius 1 is 1.17 bits per heavy atom. The fraction of sp³-hybridized carbons (Fsp3) is 0.381. The minimum Gasteiger partial charge on any atom is -0.462 e. The van der Waals surface area contributed by atoms with E-state index >= 15 is 0 Å². The van der Waals surface area contributed by atoms with Crippen molar-refractivity contribution >= 4 is 50.1 Å². The smallest absolute Gasteiger partial charge is 0.341 e. The maximum Gasteiger partial charge on any atom is 0.341 e. The summed E-state index contributed by atoms with van der Waals surface area (Å²) >= 11 is 4.70. The number of esters is 2. The molecule has 0 saturated heterocycles. The van der Waals surface area contributed by atoms with Crippen molar-refractivity contribution in [1.82, 2.24) is 0 Å². The van der Waals surface area contributed by atoms with E-state index in [0.717, 1.165) is 34.2 Å². The van der Waals surface area contributed by atoms with Crippen LogP contribution in [0, 0.1) is 5.92 Å². The van der Waals surface area contributed by atoms with Gasteiger partial charge in [0.15, 0.2) is 6.61 Å². The lowest BCUT2D eigenvalue weighted by Gasteiger charge is -2.18. The lowest BCUT2D eigenvalue weighted by molar-refractivity contribution is -0.119. The highest BCUT2D eigenvalue weighted by molar-refractivity contribution is 9.10. The molecule has 1 unspecified atom stereocenters. The number of carbonyl (C=O) groups is 3. The molecule has 0 fully saturated rings. The first-order chi connectivity index (χ1) is 13.9. The fourth-order valence-corrected chi connectivity index (χ4v) is 4.90. The number of thiophene rings is 1. The first kappa shape index (κ1) is 21.5. The Morgan fingerprint density at radius 2 is 1.90 bits per heavy atom. The molecule has 1 aromatic carbocycles. The first-order valence-corrected chi connectivity index (χ1v) is 11.0. The van der Waals surface area contributed by atoms with Crippen molar-refractivity contribution in [3.63, 3.8) is 0 Å². The molecule has 1 amide bonds. The van der Waals surface area contributed by atoms with E-state index < -0.39 is 24.5 Å². The van der Waals surface area contributed by atoms with Gasteiger partial charge in [0, 0.05) is 9.35 Å². The van der Waals surface area contributed by atoms with Crippen LogP contribution in [0.15, 0.2) is 28.7 Å². The molecule has 1 heterocycles. The maximum absolute atomic E-state index is 12.5. The Morgan fingerprint density at radius 3 is 2.59 bits per heavy atom. The van der Waals surface area contributed by atoms with Crippen molar-refractivity contribution in [3.05, 3.63) is 50.3 Å². The molecule has 1 atom stereocenters. The van der Waals surface area contributed by atoms with Crippen molar-refractivity contribution < 1.29 is 23.9 Å². The maximum atomic E-state index is 12.5. The zero-order valence-electron chi connectivity index (χ0n) is 16.2. The summed E-state index contributed by atoms with van der Waals surface area (Å²) in [6, 6.07) is 6.66. The lowest BCUT2D eigenvalue weighted by Crippen LogP contribution is -2.22. The molecule has 1 aliphatic rings. The topological polar surface area (TPSA) is 81.7 Å². The molecule has 0 radical (unpaired) electrons. The van der Waals surface area contributed by atoms with Gasteiger partial charge in [0.1, 0.15) is 5.00 Å². The molecular weight excluding hydrogens is 458 g/mol. The van der Waals surface area contributed by atoms with Crippen LogP contribution in [0.1, 0.15) is 51.4 Å². The van der Waals surface area contributed by atoms with E-state index in [1.807, 2.05) is 0 Å². The second kappa shape index (κ2) is 9.54. The van der Waals surface area contributed by atoms with Gasteiger partial charge in [0.2, 0.25) is 0 Å². The molecular formula is C21H22BrNO5S. The highest BCUT2D eigenvalue weighted by Gasteiger charge is 2.29. The molecule has 0 saturated carbocycles. The molecule has 154 valence electrons. The van der Waals surface area contributed by atoms with Gasteiger partial charge in [-0.25, -0.2) is 9.59 Å². The van der Waals surface area contributed by atoms with Crippen molar-refractivity contribution in [2.75, 3.05) is 18.5 Å². The normalized spacial score (nSPS) is 15.3. The number of carbonyl (C=O) groups excluding carboxylic acids is 3. The predicted octanol–water partition coefficient (Wildman–Crippen LogP) is 4.61. The van der Waals surface area contributed by atoms with Crippen molar-refractivity contribution in [2.24, 2.45) is 5.92 Å². The monoisotopic (exact) mass is 479 g/mol. The van der Waals surface area contributed by atoms with Crippen LogP contribution in [-0.2, 0) is 27.1 Å². The summed E-state index contributed by atoms with van der Waals surface area (Å²) in [4.78, 5) is 38.0. The third-order valence-corrected chi connectivity index (χ3v) is 6.36. The molecule has 6 nitrogen and oxygen atoms in total. The summed E-state index contributed by atoms with van der Waals surface area (Å²) < 4.78 is 11.1. The lowest BCUT2D eigenvalue weighted by atomic mass is 9.88. The number of anilines is 1. The van der Waals surface area contributed by atoms with E-state index in [2.05, 4.69) is 28.2 Å². The quantitative estimate of drug-likeness (QED) is 0.611. The summed E-state index contributed by atoms with van der Waals surface area (Å²) in [5, 5.41) is 3.20. The van der Waals surface area contributed by atoms with Gasteiger partial charge in [-0.3, -0.25) is 4.79 Å². The second-order valence-electron chi connectivity index (χ2n) is 6.91. The van der Waals surface area contributed by atoms with Crippen molar-refractivity contribution in [2.45, 2.75) is 33.1 Å². The Balaban J connectivity index is 1.70. The number of rotatable bonds is 6. The van der Waals surface area contributed by atoms with E-state index in [-0.39, 0.29) is 6.61 Å². The average Bonchev–Trinajstić information content (AvgIpc) is 3.03. The third-order valence-electron chi connectivity index (χ3n) is 4.66. The van der Waals surface area contributed by atoms with Crippen LogP contribution in [0.2, 0.25) is 0 Å². The number of nitrogens with one attached hydrogen (secondary N) is 1. The summed E-state index contributed by atoms with van der Waals surface area (Å²) in [7, 11) is 0. The minimum atomic E-state index is -0.586. The van der Waals surface area contributed by atoms with Gasteiger partial charge in [-0.15, -0.1) is 11.3 Å². The van der Waals surface area contributed by atoms with Gasteiger partial charge >= 0.3 is 11.9 Å². The Labute approximate surface area is 181 Å². The standard InChI is InChI=1S/C21H22BrNO5S/c1-3-27-21(26)18-15-9-4-12(2)10-16(15)29-19(18)23-17(24)11-28-20(25)13-5-7-14(22)8-6-13/h5-8,12H,3-4,9-11H2,1-2H3,(H,23,24). The molecule has 3 rings (SSSR count). The number of ether oxygens (including phenoxy) is 2. The predicted molar refractivity (Wildman–Crippen MR) is 115 cm³/mol. The molecule has 0 spiro atoms. The third kappa shape index (κ3) is 5.25. The highest BCUT2D eigenvalue weighted by atomic mass is 79.9. The van der Waals surface area contributed by atoms with Crippen molar-refractivity contribution in [3.8, 4) is 0 Å². The fourth-order valence-electron chi connectivity index (χ4n) is 3.22. The van der Waals surface area contributed by atoms with Gasteiger partial charge in [0.25, 0.3) is 5.91 Å². The van der Waals surface area contributed by atoms with Gasteiger partial charge in [-0.1, -0.05) is 22.9 Å². The van der Waals surface area contributed by atoms with Crippen LogP contribution in [0.5, 0.6) is 0 Å². The summed E-state index contributed by atoms with van der Waals surface area (Å²) in [6.07, 6.45) is 2.66. The minimum absolute atomic E-state index is 0.262. The molecule has 2 aromatic rings. The number of hydrogen-bond donors (Lipinski definition) is 1. The molecule has 0 bridgehead atoms. The Hall–Kier alpha value is -2.19. The highest BCUT2D eigenvalue weighted by Crippen LogP contribution is 2.40. The number of hydrogen-bond acceptors (Lipinski definition) is 6. The van der Waals surface area contributed by atoms with Crippen LogP contribution in [-0.4, -0.2) is 31.1 Å². The number of halogens is 1. The Kier molecular flexibility index (Phi) is 7.08. The number of benzene rings is 1. The SMILES string of the molecule is CCOC(=O)c1c(NC(=O)COC(=O)c2ccc(Br)cc2)sc2c1CCC(C)C2. The zero-order chi connectivity index (χ0) is 21.0. The van der Waals surface area contributed by atoms with E-state index in [0.29, 0.717) is 22.0 Å². The van der Waals surface area contributed by atoms with Gasteiger partial charge in [-0.05, 0) is 61.9 Å². The largest absolute Gasteiger partial charge is 0.462 e. The van der Waals surface area contributed by atoms with Crippen LogP contribution in [0.25, 0.3) is 0 Å². The van der Waals surface area contributed by atoms with Crippen LogP contribution in [0.4, 0.5) is 5.00 Å². The van der Waals surface area contributed by atoms with Crippen LogP contribution >= 0.6 is 27.3 Å². The first-order valence-electron chi connectivity index (χ1n) is 9.43. The second-order valence-corrected chi connectivity index (χ2v) is 8.93. The van der Waals surface area contributed by atoms with Gasteiger partial charge in [-0.2, -0.15) is 0 Å². The molecule has 29 heavy (non-hydrogen) atoms. The van der Waals surface area contributed by atoms with E-state index in [4.69, 9.17) is 9.47 Å². The summed E-state index contributed by atoms with van der Waals surface area (Å²) in [5.41, 5.74) is 1.76. The molecule has 8 heteroatoms. The molecule has 0 aliphatic heterocycles. The summed E-state index contributed by atoms with van der Waals surface area (Å²) in [5.74, 6) is -0.974. The summed E-state index contributed by atoms with van der Waals surface area (Å²) in [6.45, 7) is 3.75. The zero-order valence-corrected chi connectivity index (χ0v) is 18.7. The van der Waals surface area contributed by atoms with E-state index in [9.17, 15) is 14.4 Å². The molecule has 1 aliphatic carbocycles.